The van der Waals surface area contributed by atoms with Crippen LogP contribution in [0.25, 0.3) is 22.6 Å². The van der Waals surface area contributed by atoms with E-state index in [2.05, 4.69) is 5.16 Å². The summed E-state index contributed by atoms with van der Waals surface area (Å²) < 4.78 is 20.0. The van der Waals surface area contributed by atoms with Gasteiger partial charge in [0.1, 0.15) is 18.1 Å². The lowest BCUT2D eigenvalue weighted by Gasteiger charge is -2.00. The molecule has 0 radical (unpaired) electrons. The van der Waals surface area contributed by atoms with E-state index in [9.17, 15) is 9.36 Å². The fourth-order valence-corrected chi connectivity index (χ4v) is 3.03. The average Bonchev–Trinajstić information content (AvgIpc) is 3.15. The summed E-state index contributed by atoms with van der Waals surface area (Å²) in [5, 5.41) is 4.09. The third-order valence-corrected chi connectivity index (χ3v) is 4.81. The summed E-state index contributed by atoms with van der Waals surface area (Å²) in [6, 6.07) is 9.27. The Morgan fingerprint density at radius 3 is 2.19 bits per heavy atom. The topological polar surface area (TPSA) is 108 Å². The highest BCUT2D eigenvalue weighted by atomic mass is 31.2. The maximum absolute atomic E-state index is 10.9. The summed E-state index contributed by atoms with van der Waals surface area (Å²) in [4.78, 5) is 28.3. The third-order valence-electron chi connectivity index (χ3n) is 4.03. The van der Waals surface area contributed by atoms with Crippen LogP contribution in [0.5, 0.6) is 0 Å². The van der Waals surface area contributed by atoms with Gasteiger partial charge in [-0.2, -0.15) is 0 Å². The fourth-order valence-electron chi connectivity index (χ4n) is 2.54. The van der Waals surface area contributed by atoms with Crippen LogP contribution in [0.15, 0.2) is 59.6 Å². The number of nitrogens with zero attached hydrogens (tertiary/aromatic N) is 3. The van der Waals surface area contributed by atoms with Gasteiger partial charge in [0.05, 0.1) is 6.42 Å². The van der Waals surface area contributed by atoms with Gasteiger partial charge in [0.2, 0.25) is 0 Å². The second kappa shape index (κ2) is 8.35. The maximum Gasteiger partial charge on any atom is 0.331 e. The maximum atomic E-state index is 10.9. The van der Waals surface area contributed by atoms with Gasteiger partial charge in [-0.1, -0.05) is 5.16 Å². The van der Waals surface area contributed by atoms with Crippen LogP contribution in [-0.4, -0.2) is 27.4 Å². The largest absolute Gasteiger partial charge is 0.356 e. The number of aryl methyl sites for hydroxylation is 2. The first-order valence-electron chi connectivity index (χ1n) is 8.38. The Labute approximate surface area is 155 Å². The first-order chi connectivity index (χ1) is 12.9. The van der Waals surface area contributed by atoms with Crippen molar-refractivity contribution in [2.24, 2.45) is 0 Å². The fraction of sp³-hybridized carbons (Fsp3) is 0.222. The van der Waals surface area contributed by atoms with E-state index >= 15 is 0 Å². The summed E-state index contributed by atoms with van der Waals surface area (Å²) in [5.74, 6) is 0.630. The molecule has 0 amide bonds. The van der Waals surface area contributed by atoms with Crippen molar-refractivity contribution in [1.82, 2.24) is 5.16 Å². The van der Waals surface area contributed by atoms with E-state index in [0.29, 0.717) is 24.4 Å². The summed E-state index contributed by atoms with van der Waals surface area (Å²) >= 11 is 0. The van der Waals surface area contributed by atoms with Gasteiger partial charge in [0.25, 0.3) is 0 Å². The van der Waals surface area contributed by atoms with Gasteiger partial charge in [-0.05, 0) is 0 Å². The first kappa shape index (κ1) is 19.1. The van der Waals surface area contributed by atoms with Crippen LogP contribution in [0.1, 0.15) is 6.42 Å². The molecule has 3 aromatic heterocycles. The Morgan fingerprint density at radius 2 is 1.59 bits per heavy atom. The zero-order valence-corrected chi connectivity index (χ0v) is 15.4. The van der Waals surface area contributed by atoms with Crippen molar-refractivity contribution in [1.29, 1.82) is 0 Å². The summed E-state index contributed by atoms with van der Waals surface area (Å²) in [7, 11) is -4.01. The average molecular weight is 389 g/mol. The molecule has 0 aromatic carbocycles. The van der Waals surface area contributed by atoms with Crippen LogP contribution < -0.4 is 9.13 Å². The van der Waals surface area contributed by atoms with Gasteiger partial charge >= 0.3 is 7.60 Å². The molecule has 0 spiro atoms. The molecule has 0 bridgehead atoms. The monoisotopic (exact) mass is 389 g/mol. The molecule has 0 unspecified atom stereocenters. The molecule has 3 aromatic rings. The van der Waals surface area contributed by atoms with Crippen molar-refractivity contribution in [2.75, 3.05) is 6.16 Å². The van der Waals surface area contributed by atoms with Crippen LogP contribution in [0.4, 0.5) is 0 Å². The molecule has 0 saturated heterocycles. The Hall–Kier alpha value is -2.67. The summed E-state index contributed by atoms with van der Waals surface area (Å²) in [6.45, 7) is 0.875. The van der Waals surface area contributed by atoms with E-state index in [1.54, 1.807) is 17.0 Å². The van der Waals surface area contributed by atoms with Gasteiger partial charge in [0.15, 0.2) is 43.6 Å². The van der Waals surface area contributed by atoms with Gasteiger partial charge in [-0.3, -0.25) is 4.57 Å². The first-order valence-corrected chi connectivity index (χ1v) is 10.2. The van der Waals surface area contributed by atoms with Crippen molar-refractivity contribution >= 4 is 13.9 Å². The summed E-state index contributed by atoms with van der Waals surface area (Å²) in [5.41, 5.74) is 2.39. The smallest absolute Gasteiger partial charge is 0.331 e. The highest BCUT2D eigenvalue weighted by molar-refractivity contribution is 7.51. The van der Waals surface area contributed by atoms with Crippen LogP contribution in [-0.2, 0) is 22.4 Å². The molecule has 140 valence electrons. The lowest BCUT2D eigenvalue weighted by atomic mass is 10.1. The number of aldehydes is 1. The second-order valence-electron chi connectivity index (χ2n) is 6.07. The molecule has 0 fully saturated rings. The van der Waals surface area contributed by atoms with Crippen LogP contribution in [0.2, 0.25) is 0 Å². The van der Waals surface area contributed by atoms with E-state index in [1.165, 1.54) is 0 Å². The SMILES string of the molecule is O=CCC[n+]1ccc(-c2cc(-c3cc[n+](CCP(=O)(O)O)cc3)no2)cc1. The molecule has 3 rings (SSSR count). The predicted molar refractivity (Wildman–Crippen MR) is 95.4 cm³/mol. The third kappa shape index (κ3) is 5.40. The molecule has 0 aliphatic heterocycles. The lowest BCUT2D eigenvalue weighted by Crippen LogP contribution is -2.34. The van der Waals surface area contributed by atoms with E-state index in [-0.39, 0.29) is 12.7 Å². The van der Waals surface area contributed by atoms with Crippen LogP contribution >= 0.6 is 7.60 Å². The van der Waals surface area contributed by atoms with Gasteiger partial charge in [0, 0.05) is 41.5 Å². The molecule has 8 nitrogen and oxygen atoms in total. The van der Waals surface area contributed by atoms with Crippen molar-refractivity contribution < 1.29 is 32.8 Å². The molecule has 27 heavy (non-hydrogen) atoms. The molecule has 2 N–H and O–H groups in total. The van der Waals surface area contributed by atoms with E-state index in [1.807, 2.05) is 47.3 Å². The number of aromatic nitrogens is 3. The highest BCUT2D eigenvalue weighted by Crippen LogP contribution is 2.33. The quantitative estimate of drug-likeness (QED) is 0.342. The molecular formula is C18H20N3O5P+2. The number of carbonyl (C=O) groups excluding carboxylic acids is 1. The number of carbonyl (C=O) groups is 1. The minimum absolute atomic E-state index is 0.202. The van der Waals surface area contributed by atoms with E-state index in [0.717, 1.165) is 17.4 Å². The van der Waals surface area contributed by atoms with Crippen molar-refractivity contribution in [3.05, 3.63) is 55.1 Å². The van der Waals surface area contributed by atoms with Crippen molar-refractivity contribution in [3.63, 3.8) is 0 Å². The molecule has 0 saturated carbocycles. The number of pyridine rings is 2. The Morgan fingerprint density at radius 1 is 1.00 bits per heavy atom. The Kier molecular flexibility index (Phi) is 5.91. The van der Waals surface area contributed by atoms with E-state index < -0.39 is 7.60 Å². The number of rotatable bonds is 8. The second-order valence-corrected chi connectivity index (χ2v) is 7.85. The van der Waals surface area contributed by atoms with Crippen LogP contribution in [0, 0.1) is 0 Å². The number of hydrogen-bond acceptors (Lipinski definition) is 4. The van der Waals surface area contributed by atoms with Gasteiger partial charge in [-0.15, -0.1) is 0 Å². The van der Waals surface area contributed by atoms with Gasteiger partial charge < -0.3 is 19.1 Å². The molecule has 0 aliphatic rings. The predicted octanol–water partition coefficient (Wildman–Crippen LogP) is 1.35. The summed E-state index contributed by atoms with van der Waals surface area (Å²) in [6.07, 6.45) is 8.42. The molecule has 9 heteroatoms. The lowest BCUT2D eigenvalue weighted by molar-refractivity contribution is -0.695. The standard InChI is InChI=1S/C18H18N3O5P/c22-12-1-6-20-9-4-16(5-10-20)18-14-17(19-26-18)15-2-7-21(8-3-15)11-13-27(23,24)25/h2-5,7-10,12,14H,1,6,11,13H2/p+2. The zero-order valence-electron chi connectivity index (χ0n) is 14.5. The molecule has 0 atom stereocenters. The Bertz CT molecular complexity index is 948. The normalized spacial score (nSPS) is 11.5. The highest BCUT2D eigenvalue weighted by Gasteiger charge is 2.16. The van der Waals surface area contributed by atoms with Crippen LogP contribution in [0.3, 0.4) is 0 Å². The van der Waals surface area contributed by atoms with E-state index in [4.69, 9.17) is 14.3 Å². The molecule has 3 heterocycles. The minimum Gasteiger partial charge on any atom is -0.356 e. The minimum atomic E-state index is -4.01. The van der Waals surface area contributed by atoms with Crippen molar-refractivity contribution in [3.8, 4) is 22.6 Å². The van der Waals surface area contributed by atoms with Crippen molar-refractivity contribution in [2.45, 2.75) is 19.5 Å². The number of hydrogen-bond donors (Lipinski definition) is 2. The molecule has 0 aliphatic carbocycles. The molecular weight excluding hydrogens is 369 g/mol. The Balaban J connectivity index is 1.70. The zero-order chi connectivity index (χ0) is 19.3. The van der Waals surface area contributed by atoms with Gasteiger partial charge in [-0.25, -0.2) is 9.13 Å².